The van der Waals surface area contributed by atoms with Crippen molar-refractivity contribution in [3.8, 4) is 0 Å². The number of nitrogens with zero attached hydrogens (tertiary/aromatic N) is 1. The second-order valence-corrected chi connectivity index (χ2v) is 4.98. The molecule has 54 valence electrons. The first-order chi connectivity index (χ1) is 5.43. The SMILES string of the molecule is O=C=NC12C3C4C5C3C1C5C42. The molecule has 0 radical (unpaired) electrons. The first-order valence-corrected chi connectivity index (χ1v) is 4.52. The molecule has 0 aromatic heterocycles. The van der Waals surface area contributed by atoms with E-state index in [2.05, 4.69) is 4.99 Å². The van der Waals surface area contributed by atoms with E-state index in [0.29, 0.717) is 0 Å². The van der Waals surface area contributed by atoms with E-state index in [1.165, 1.54) is 0 Å². The summed E-state index contributed by atoms with van der Waals surface area (Å²) < 4.78 is 0. The Hall–Kier alpha value is -0.620. The van der Waals surface area contributed by atoms with Gasteiger partial charge in [-0.2, -0.15) is 4.99 Å². The number of hydrogen-bond donors (Lipinski definition) is 0. The molecular formula is C9H7NO. The van der Waals surface area contributed by atoms with Crippen LogP contribution in [0.4, 0.5) is 0 Å². The van der Waals surface area contributed by atoms with Gasteiger partial charge in [-0.25, -0.2) is 4.79 Å². The number of rotatable bonds is 1. The number of aliphatic imine (C=N–C) groups is 1. The normalized spacial score (nSPS) is 87.5. The maximum Gasteiger partial charge on any atom is 0.235 e. The zero-order chi connectivity index (χ0) is 6.96. The molecule has 6 aliphatic carbocycles. The van der Waals surface area contributed by atoms with Gasteiger partial charge in [0.25, 0.3) is 0 Å². The summed E-state index contributed by atoms with van der Waals surface area (Å²) in [6, 6.07) is 0. The highest BCUT2D eigenvalue weighted by atomic mass is 16.1. The lowest BCUT2D eigenvalue weighted by atomic mass is 8.99. The van der Waals surface area contributed by atoms with Gasteiger partial charge < -0.3 is 0 Å². The van der Waals surface area contributed by atoms with Crippen molar-refractivity contribution in [2.24, 2.45) is 46.4 Å². The molecule has 2 nitrogen and oxygen atoms in total. The van der Waals surface area contributed by atoms with Crippen LogP contribution in [0.15, 0.2) is 4.99 Å². The van der Waals surface area contributed by atoms with Crippen molar-refractivity contribution in [2.45, 2.75) is 5.54 Å². The molecule has 0 aliphatic heterocycles. The van der Waals surface area contributed by atoms with E-state index in [-0.39, 0.29) is 5.54 Å². The van der Waals surface area contributed by atoms with E-state index in [1.54, 1.807) is 6.08 Å². The molecule has 0 atom stereocenters. The average Bonchev–Trinajstić information content (AvgIpc) is 2.06. The van der Waals surface area contributed by atoms with Gasteiger partial charge in [0.05, 0.1) is 5.54 Å². The average molecular weight is 145 g/mol. The lowest BCUT2D eigenvalue weighted by molar-refractivity contribution is -0.571. The highest BCUT2D eigenvalue weighted by Crippen LogP contribution is 3.03. The molecule has 11 heavy (non-hydrogen) atoms. The summed E-state index contributed by atoms with van der Waals surface area (Å²) in [6.07, 6.45) is 1.78. The summed E-state index contributed by atoms with van der Waals surface area (Å²) >= 11 is 0. The Morgan fingerprint density at radius 3 is 2.00 bits per heavy atom. The maximum absolute atomic E-state index is 10.2. The first-order valence-electron chi connectivity index (χ1n) is 4.52. The van der Waals surface area contributed by atoms with Gasteiger partial charge in [-0.15, -0.1) is 0 Å². The summed E-state index contributed by atoms with van der Waals surface area (Å²) in [6.45, 7) is 0. The minimum absolute atomic E-state index is 0.219. The van der Waals surface area contributed by atoms with Crippen LogP contribution < -0.4 is 0 Å². The van der Waals surface area contributed by atoms with Gasteiger partial charge in [0.2, 0.25) is 6.08 Å². The molecule has 6 aliphatic rings. The molecule has 0 amide bonds. The molecule has 0 bridgehead atoms. The van der Waals surface area contributed by atoms with Crippen molar-refractivity contribution in [1.29, 1.82) is 0 Å². The molecule has 6 saturated carbocycles. The van der Waals surface area contributed by atoms with Gasteiger partial charge in [-0.05, 0) is 41.4 Å². The summed E-state index contributed by atoms with van der Waals surface area (Å²) in [4.78, 5) is 14.2. The van der Waals surface area contributed by atoms with Crippen LogP contribution in [-0.4, -0.2) is 11.6 Å². The lowest BCUT2D eigenvalue weighted by Gasteiger charge is -3.05. The number of isocyanates is 1. The molecule has 0 aromatic rings. The monoisotopic (exact) mass is 145 g/mol. The second kappa shape index (κ2) is 0.818. The van der Waals surface area contributed by atoms with Crippen LogP contribution in [0.25, 0.3) is 0 Å². The minimum Gasteiger partial charge on any atom is -0.211 e. The molecule has 2 heteroatoms. The van der Waals surface area contributed by atoms with Crippen LogP contribution in [0, 0.1) is 41.4 Å². The van der Waals surface area contributed by atoms with Gasteiger partial charge >= 0.3 is 0 Å². The highest BCUT2D eigenvalue weighted by molar-refractivity contribution is 5.57. The number of hydrogen-bond acceptors (Lipinski definition) is 2. The molecule has 0 spiro atoms. The maximum atomic E-state index is 10.2. The molecule has 0 unspecified atom stereocenters. The zero-order valence-corrected chi connectivity index (χ0v) is 5.90. The Balaban J connectivity index is 1.78. The quantitative estimate of drug-likeness (QED) is 0.389. The zero-order valence-electron chi connectivity index (χ0n) is 5.90. The topological polar surface area (TPSA) is 29.4 Å². The molecular weight excluding hydrogens is 138 g/mol. The molecule has 0 aromatic carbocycles. The molecule has 0 saturated heterocycles. The third kappa shape index (κ3) is 0.155. The summed E-state index contributed by atoms with van der Waals surface area (Å²) in [7, 11) is 0. The van der Waals surface area contributed by atoms with Crippen LogP contribution in [0.2, 0.25) is 0 Å². The van der Waals surface area contributed by atoms with Gasteiger partial charge in [0, 0.05) is 0 Å². The molecule has 6 fully saturated rings. The summed E-state index contributed by atoms with van der Waals surface area (Å²) in [5, 5.41) is 0. The first kappa shape index (κ1) is 4.42. The van der Waals surface area contributed by atoms with E-state index >= 15 is 0 Å². The summed E-state index contributed by atoms with van der Waals surface area (Å²) in [5.41, 5.74) is 0.219. The lowest BCUT2D eigenvalue weighted by Crippen LogP contribution is -3.08. The third-order valence-electron chi connectivity index (χ3n) is 5.66. The van der Waals surface area contributed by atoms with E-state index in [4.69, 9.17) is 0 Å². The van der Waals surface area contributed by atoms with Crippen molar-refractivity contribution in [1.82, 2.24) is 0 Å². The van der Waals surface area contributed by atoms with Crippen molar-refractivity contribution < 1.29 is 4.79 Å². The minimum atomic E-state index is 0.219. The third-order valence-corrected chi connectivity index (χ3v) is 5.66. The smallest absolute Gasteiger partial charge is 0.211 e. The summed E-state index contributed by atoms with van der Waals surface area (Å²) in [5.74, 6) is 6.84. The fourth-order valence-corrected chi connectivity index (χ4v) is 5.67. The van der Waals surface area contributed by atoms with Gasteiger partial charge in [-0.3, -0.25) is 0 Å². The second-order valence-electron chi connectivity index (χ2n) is 4.98. The van der Waals surface area contributed by atoms with Gasteiger partial charge in [0.15, 0.2) is 0 Å². The van der Waals surface area contributed by atoms with Crippen molar-refractivity contribution >= 4 is 6.08 Å². The van der Waals surface area contributed by atoms with Crippen molar-refractivity contribution in [3.05, 3.63) is 0 Å². The van der Waals surface area contributed by atoms with Crippen LogP contribution >= 0.6 is 0 Å². The molecule has 0 N–H and O–H groups in total. The Kier molecular flexibility index (Phi) is 0.328. The molecule has 6 rings (SSSR count). The Morgan fingerprint density at radius 2 is 1.55 bits per heavy atom. The van der Waals surface area contributed by atoms with Crippen LogP contribution in [0.5, 0.6) is 0 Å². The number of carbonyl (C=O) groups excluding carboxylic acids is 1. The van der Waals surface area contributed by atoms with Crippen LogP contribution in [-0.2, 0) is 4.79 Å². The highest BCUT2D eigenvalue weighted by Gasteiger charge is 3.05. The fraction of sp³-hybridized carbons (Fsp3) is 0.889. The van der Waals surface area contributed by atoms with E-state index in [1.807, 2.05) is 0 Å². The van der Waals surface area contributed by atoms with E-state index in [9.17, 15) is 4.79 Å². The Labute approximate surface area is 63.7 Å². The van der Waals surface area contributed by atoms with Gasteiger partial charge in [0.1, 0.15) is 0 Å². The van der Waals surface area contributed by atoms with Crippen molar-refractivity contribution in [2.75, 3.05) is 0 Å². The van der Waals surface area contributed by atoms with Crippen molar-refractivity contribution in [3.63, 3.8) is 0 Å². The van der Waals surface area contributed by atoms with E-state index in [0.717, 1.165) is 41.4 Å². The predicted molar refractivity (Wildman–Crippen MR) is 35.3 cm³/mol. The van der Waals surface area contributed by atoms with Crippen LogP contribution in [0.3, 0.4) is 0 Å². The van der Waals surface area contributed by atoms with Gasteiger partial charge in [-0.1, -0.05) is 0 Å². The Morgan fingerprint density at radius 1 is 1.00 bits per heavy atom. The van der Waals surface area contributed by atoms with Crippen LogP contribution in [0.1, 0.15) is 0 Å². The predicted octanol–water partition coefficient (Wildman–Crippen LogP) is 0.442. The standard InChI is InChI=1S/C9H7NO/c11-1-10-9-6-3-2-4(6)8(9)5(2)7(3)9/h2-8H. The largest absolute Gasteiger partial charge is 0.235 e. The Bertz CT molecular complexity index is 304. The molecule has 0 heterocycles. The van der Waals surface area contributed by atoms with E-state index < -0.39 is 0 Å². The fourth-order valence-electron chi connectivity index (χ4n) is 5.67.